The molecule has 0 bridgehead atoms. The average molecular weight is 305 g/mol. The van der Waals surface area contributed by atoms with Gasteiger partial charge in [-0.1, -0.05) is 20.8 Å². The molecule has 0 aliphatic rings. The van der Waals surface area contributed by atoms with Gasteiger partial charge in [0, 0.05) is 18.7 Å². The predicted octanol–water partition coefficient (Wildman–Crippen LogP) is 4.59. The molecule has 0 saturated carbocycles. The number of rotatable bonds is 9. The second-order valence-electron chi connectivity index (χ2n) is 5.52. The van der Waals surface area contributed by atoms with Gasteiger partial charge in [-0.15, -0.1) is 0 Å². The molecule has 1 unspecified atom stereocenters. The second kappa shape index (κ2) is 8.35. The molecule has 0 fully saturated rings. The molecule has 0 spiro atoms. The normalized spacial score (nSPS) is 13.0. The molecule has 0 aliphatic heterocycles. The minimum absolute atomic E-state index is 0.376. The van der Waals surface area contributed by atoms with Crippen LogP contribution in [0.25, 0.3) is 0 Å². The fraction of sp³-hybridized carbons (Fsp3) is 0.588. The van der Waals surface area contributed by atoms with Crippen LogP contribution in [0.2, 0.25) is 0 Å². The fourth-order valence-corrected chi connectivity index (χ4v) is 3.38. The molecule has 4 heteroatoms. The zero-order chi connectivity index (χ0) is 15.1. The van der Waals surface area contributed by atoms with Gasteiger partial charge in [-0.3, -0.25) is 4.68 Å². The Morgan fingerprint density at radius 1 is 1.24 bits per heavy atom. The van der Waals surface area contributed by atoms with Gasteiger partial charge >= 0.3 is 0 Å². The van der Waals surface area contributed by atoms with Crippen molar-refractivity contribution < 1.29 is 0 Å². The van der Waals surface area contributed by atoms with Gasteiger partial charge in [0.1, 0.15) is 0 Å². The van der Waals surface area contributed by atoms with Crippen LogP contribution in [-0.4, -0.2) is 16.3 Å². The maximum absolute atomic E-state index is 4.79. The highest BCUT2D eigenvalue weighted by molar-refractivity contribution is 7.07. The molecular formula is C17H27N3S. The van der Waals surface area contributed by atoms with Crippen molar-refractivity contribution in [3.05, 3.63) is 40.3 Å². The molecule has 2 aromatic rings. The molecule has 2 heterocycles. The van der Waals surface area contributed by atoms with Crippen molar-refractivity contribution in [1.82, 2.24) is 15.1 Å². The van der Waals surface area contributed by atoms with Crippen molar-refractivity contribution in [1.29, 1.82) is 0 Å². The van der Waals surface area contributed by atoms with Crippen molar-refractivity contribution in [3.8, 4) is 0 Å². The minimum atomic E-state index is 0.376. The molecule has 116 valence electrons. The molecule has 0 amide bonds. The molecule has 2 rings (SSSR count). The lowest BCUT2D eigenvalue weighted by Crippen LogP contribution is -2.24. The first-order valence-corrected chi connectivity index (χ1v) is 9.02. The van der Waals surface area contributed by atoms with Crippen LogP contribution < -0.4 is 5.32 Å². The van der Waals surface area contributed by atoms with Crippen LogP contribution in [-0.2, 0) is 6.42 Å². The summed E-state index contributed by atoms with van der Waals surface area (Å²) in [5.41, 5.74) is 2.56. The molecule has 3 nitrogen and oxygen atoms in total. The van der Waals surface area contributed by atoms with E-state index in [0.717, 1.165) is 32.2 Å². The van der Waals surface area contributed by atoms with Crippen LogP contribution in [0, 0.1) is 0 Å². The Morgan fingerprint density at radius 2 is 2.05 bits per heavy atom. The lowest BCUT2D eigenvalue weighted by molar-refractivity contribution is 0.422. The number of hydrogen-bond acceptors (Lipinski definition) is 3. The van der Waals surface area contributed by atoms with Gasteiger partial charge in [-0.05, 0) is 54.3 Å². The van der Waals surface area contributed by atoms with Crippen LogP contribution in [0.3, 0.4) is 0 Å². The molecular weight excluding hydrogens is 278 g/mol. The highest BCUT2D eigenvalue weighted by Gasteiger charge is 2.15. The van der Waals surface area contributed by atoms with E-state index in [0.29, 0.717) is 12.1 Å². The topological polar surface area (TPSA) is 29.9 Å². The Balaban J connectivity index is 2.06. The van der Waals surface area contributed by atoms with E-state index in [4.69, 9.17) is 5.10 Å². The van der Waals surface area contributed by atoms with Crippen molar-refractivity contribution in [3.63, 3.8) is 0 Å². The van der Waals surface area contributed by atoms with E-state index in [-0.39, 0.29) is 0 Å². The summed E-state index contributed by atoms with van der Waals surface area (Å²) >= 11 is 1.76. The van der Waals surface area contributed by atoms with E-state index in [9.17, 15) is 0 Å². The largest absolute Gasteiger partial charge is 0.310 e. The van der Waals surface area contributed by atoms with Crippen LogP contribution in [0.4, 0.5) is 0 Å². The lowest BCUT2D eigenvalue weighted by atomic mass is 10.1. The average Bonchev–Trinajstić information content (AvgIpc) is 3.16. The lowest BCUT2D eigenvalue weighted by Gasteiger charge is -2.17. The van der Waals surface area contributed by atoms with Crippen molar-refractivity contribution in [2.24, 2.45) is 0 Å². The summed E-state index contributed by atoms with van der Waals surface area (Å²) in [7, 11) is 0. The monoisotopic (exact) mass is 305 g/mol. The molecule has 0 aliphatic carbocycles. The number of hydrogen-bond donors (Lipinski definition) is 1. The fourth-order valence-electron chi connectivity index (χ4n) is 2.66. The van der Waals surface area contributed by atoms with Crippen LogP contribution in [0.15, 0.2) is 29.1 Å². The zero-order valence-electron chi connectivity index (χ0n) is 13.4. The molecule has 0 aromatic carbocycles. The van der Waals surface area contributed by atoms with Gasteiger partial charge in [0.15, 0.2) is 0 Å². The molecule has 0 radical (unpaired) electrons. The van der Waals surface area contributed by atoms with Gasteiger partial charge in [0.25, 0.3) is 0 Å². The molecule has 21 heavy (non-hydrogen) atoms. The Kier molecular flexibility index (Phi) is 6.46. The maximum Gasteiger partial charge on any atom is 0.0643 e. The molecule has 2 aromatic heterocycles. The summed E-state index contributed by atoms with van der Waals surface area (Å²) in [5, 5.41) is 12.8. The van der Waals surface area contributed by atoms with E-state index < -0.39 is 0 Å². The summed E-state index contributed by atoms with van der Waals surface area (Å²) in [4.78, 5) is 0. The van der Waals surface area contributed by atoms with Gasteiger partial charge in [0.05, 0.1) is 11.7 Å². The summed E-state index contributed by atoms with van der Waals surface area (Å²) in [6.07, 6.45) is 6.53. The van der Waals surface area contributed by atoms with Crippen molar-refractivity contribution in [2.75, 3.05) is 6.54 Å². The van der Waals surface area contributed by atoms with Gasteiger partial charge in [-0.2, -0.15) is 16.4 Å². The molecule has 1 N–H and O–H groups in total. The third-order valence-electron chi connectivity index (χ3n) is 3.98. The third-order valence-corrected chi connectivity index (χ3v) is 4.68. The predicted molar refractivity (Wildman–Crippen MR) is 90.9 cm³/mol. The first kappa shape index (κ1) is 16.2. The first-order chi connectivity index (χ1) is 10.3. The Morgan fingerprint density at radius 3 is 2.67 bits per heavy atom. The number of aromatic nitrogens is 2. The molecule has 0 saturated heterocycles. The van der Waals surface area contributed by atoms with Crippen LogP contribution in [0.5, 0.6) is 0 Å². The van der Waals surface area contributed by atoms with Gasteiger partial charge in [0.2, 0.25) is 0 Å². The van der Waals surface area contributed by atoms with E-state index >= 15 is 0 Å². The standard InChI is InChI=1S/C17H27N3S/c1-4-9-18-17(14-8-11-21-13-14)12-15-7-10-20(19-15)16(5-2)6-3/h7-8,10-11,13,16-18H,4-6,9,12H2,1-3H3. The maximum atomic E-state index is 4.79. The smallest absolute Gasteiger partial charge is 0.0643 e. The first-order valence-electron chi connectivity index (χ1n) is 8.07. The van der Waals surface area contributed by atoms with E-state index in [1.54, 1.807) is 11.3 Å². The Bertz CT molecular complexity index is 500. The van der Waals surface area contributed by atoms with Crippen molar-refractivity contribution in [2.45, 2.75) is 58.5 Å². The highest BCUT2D eigenvalue weighted by atomic mass is 32.1. The van der Waals surface area contributed by atoms with Crippen LogP contribution in [0.1, 0.15) is 63.4 Å². The second-order valence-corrected chi connectivity index (χ2v) is 6.30. The van der Waals surface area contributed by atoms with Gasteiger partial charge < -0.3 is 5.32 Å². The zero-order valence-corrected chi connectivity index (χ0v) is 14.2. The minimum Gasteiger partial charge on any atom is -0.310 e. The number of nitrogens with one attached hydrogen (secondary N) is 1. The van der Waals surface area contributed by atoms with E-state index in [2.05, 4.69) is 59.9 Å². The van der Waals surface area contributed by atoms with Gasteiger partial charge in [-0.25, -0.2) is 0 Å². The molecule has 1 atom stereocenters. The summed E-state index contributed by atoms with van der Waals surface area (Å²) in [6, 6.07) is 5.30. The van der Waals surface area contributed by atoms with E-state index in [1.165, 1.54) is 11.3 Å². The third kappa shape index (κ3) is 4.42. The van der Waals surface area contributed by atoms with E-state index in [1.807, 2.05) is 0 Å². The Hall–Kier alpha value is -1.13. The summed E-state index contributed by atoms with van der Waals surface area (Å²) < 4.78 is 2.14. The van der Waals surface area contributed by atoms with Crippen LogP contribution >= 0.6 is 11.3 Å². The Labute approximate surface area is 132 Å². The van der Waals surface area contributed by atoms with Crippen molar-refractivity contribution >= 4 is 11.3 Å². The number of thiophene rings is 1. The SMILES string of the molecule is CCCNC(Cc1ccn(C(CC)CC)n1)c1ccsc1. The summed E-state index contributed by atoms with van der Waals surface area (Å²) in [5.74, 6) is 0. The summed E-state index contributed by atoms with van der Waals surface area (Å²) in [6.45, 7) is 7.71. The number of nitrogens with zero attached hydrogens (tertiary/aromatic N) is 2. The highest BCUT2D eigenvalue weighted by Crippen LogP contribution is 2.21. The quantitative estimate of drug-likeness (QED) is 0.734.